The third-order valence-electron chi connectivity index (χ3n) is 2.53. The molecule has 2 rings (SSSR count). The molecule has 1 aromatic carbocycles. The lowest BCUT2D eigenvalue weighted by Gasteiger charge is -2.25. The number of rotatable bonds is 1. The summed E-state index contributed by atoms with van der Waals surface area (Å²) in [5.41, 5.74) is 1.19. The lowest BCUT2D eigenvalue weighted by Crippen LogP contribution is -2.16. The van der Waals surface area contributed by atoms with E-state index in [2.05, 4.69) is 32.1 Å². The number of benzene rings is 1. The van der Waals surface area contributed by atoms with E-state index in [1.54, 1.807) is 0 Å². The summed E-state index contributed by atoms with van der Waals surface area (Å²) in [7, 11) is 0. The van der Waals surface area contributed by atoms with Crippen LogP contribution in [0, 0.1) is 5.92 Å². The Kier molecular flexibility index (Phi) is 2.58. The molecule has 1 heterocycles. The summed E-state index contributed by atoms with van der Waals surface area (Å²) < 4.78 is 5.80. The lowest BCUT2D eigenvalue weighted by atomic mass is 9.98. The predicted octanol–water partition coefficient (Wildman–Crippen LogP) is 3.47. The van der Waals surface area contributed by atoms with E-state index < -0.39 is 0 Å². The second-order valence-corrected chi connectivity index (χ2v) is 4.04. The summed E-state index contributed by atoms with van der Waals surface area (Å²) in [6, 6.07) is 10.3. The first-order valence-corrected chi connectivity index (χ1v) is 5.19. The number of hydrogen-bond donors (Lipinski definition) is 0. The van der Waals surface area contributed by atoms with Gasteiger partial charge in [0.2, 0.25) is 0 Å². The van der Waals surface area contributed by atoms with E-state index in [4.69, 9.17) is 4.74 Å². The van der Waals surface area contributed by atoms with Crippen LogP contribution in [0.1, 0.15) is 25.8 Å². The third-order valence-corrected chi connectivity index (χ3v) is 2.53. The smallest absolute Gasteiger partial charge is 0.123 e. The fourth-order valence-electron chi connectivity index (χ4n) is 1.92. The van der Waals surface area contributed by atoms with Crippen molar-refractivity contribution in [2.75, 3.05) is 0 Å². The Bertz CT molecular complexity index is 326. The van der Waals surface area contributed by atoms with E-state index >= 15 is 0 Å². The van der Waals surface area contributed by atoms with Crippen molar-refractivity contribution < 1.29 is 4.74 Å². The van der Waals surface area contributed by atoms with Crippen molar-refractivity contribution >= 4 is 5.76 Å². The van der Waals surface area contributed by atoms with Gasteiger partial charge >= 0.3 is 0 Å². The molecule has 0 radical (unpaired) electrons. The second-order valence-electron chi connectivity index (χ2n) is 4.04. The number of hydrogen-bond acceptors (Lipinski definition) is 1. The highest BCUT2D eigenvalue weighted by Crippen LogP contribution is 2.27. The molecular weight excluding hydrogens is 172 g/mol. The molecule has 0 aliphatic carbocycles. The van der Waals surface area contributed by atoms with Crippen LogP contribution in [-0.2, 0) is 4.74 Å². The topological polar surface area (TPSA) is 9.23 Å². The van der Waals surface area contributed by atoms with Gasteiger partial charge in [-0.05, 0) is 25.3 Å². The van der Waals surface area contributed by atoms with Crippen LogP contribution in [0.3, 0.4) is 0 Å². The first-order chi connectivity index (χ1) is 6.75. The van der Waals surface area contributed by atoms with Crippen LogP contribution in [0.5, 0.6) is 0 Å². The van der Waals surface area contributed by atoms with Crippen LogP contribution in [0.4, 0.5) is 0 Å². The number of allylic oxidation sites excluding steroid dienone is 1. The van der Waals surface area contributed by atoms with Crippen molar-refractivity contribution in [1.82, 2.24) is 0 Å². The molecule has 0 fully saturated rings. The zero-order chi connectivity index (χ0) is 9.97. The van der Waals surface area contributed by atoms with Crippen LogP contribution < -0.4 is 0 Å². The van der Waals surface area contributed by atoms with Crippen molar-refractivity contribution in [3.63, 3.8) is 0 Å². The molecule has 0 aromatic heterocycles. The molecule has 0 bridgehead atoms. The average Bonchev–Trinajstić information content (AvgIpc) is 2.18. The van der Waals surface area contributed by atoms with Gasteiger partial charge in [0.1, 0.15) is 5.76 Å². The molecule has 1 aliphatic heterocycles. The fourth-order valence-corrected chi connectivity index (χ4v) is 1.92. The minimum atomic E-state index is 0.338. The highest BCUT2D eigenvalue weighted by molar-refractivity contribution is 5.60. The van der Waals surface area contributed by atoms with Gasteiger partial charge in [-0.25, -0.2) is 0 Å². The molecular formula is C13H16O. The van der Waals surface area contributed by atoms with Crippen molar-refractivity contribution in [1.29, 1.82) is 0 Å². The van der Waals surface area contributed by atoms with E-state index in [0.717, 1.165) is 12.2 Å². The maximum absolute atomic E-state index is 5.80. The summed E-state index contributed by atoms with van der Waals surface area (Å²) in [4.78, 5) is 0. The Morgan fingerprint density at radius 1 is 1.14 bits per heavy atom. The van der Waals surface area contributed by atoms with E-state index in [0.29, 0.717) is 12.0 Å². The first-order valence-electron chi connectivity index (χ1n) is 5.19. The Hall–Kier alpha value is -1.24. The zero-order valence-electron chi connectivity index (χ0n) is 8.73. The Balaban J connectivity index is 2.26. The fraction of sp³-hybridized carbons (Fsp3) is 0.385. The Morgan fingerprint density at radius 3 is 2.50 bits per heavy atom. The van der Waals surface area contributed by atoms with Gasteiger partial charge in [-0.15, -0.1) is 0 Å². The lowest BCUT2D eigenvalue weighted by molar-refractivity contribution is 0.148. The summed E-state index contributed by atoms with van der Waals surface area (Å²) in [5.74, 6) is 1.66. The van der Waals surface area contributed by atoms with Crippen molar-refractivity contribution in [2.45, 2.75) is 26.4 Å². The molecule has 1 aromatic rings. The molecule has 0 amide bonds. The highest BCUT2D eigenvalue weighted by Gasteiger charge is 2.17. The third kappa shape index (κ3) is 1.98. The van der Waals surface area contributed by atoms with E-state index in [9.17, 15) is 0 Å². The van der Waals surface area contributed by atoms with Crippen molar-refractivity contribution in [2.24, 2.45) is 5.92 Å². The molecule has 1 aliphatic rings. The number of ether oxygens (including phenoxy) is 1. The van der Waals surface area contributed by atoms with Crippen LogP contribution in [0.15, 0.2) is 36.4 Å². The minimum Gasteiger partial charge on any atom is -0.490 e. The molecule has 2 atom stereocenters. The van der Waals surface area contributed by atoms with Gasteiger partial charge < -0.3 is 4.74 Å². The summed E-state index contributed by atoms with van der Waals surface area (Å²) in [5, 5.41) is 0. The summed E-state index contributed by atoms with van der Waals surface area (Å²) >= 11 is 0. The second kappa shape index (κ2) is 3.87. The molecule has 1 heteroatoms. The minimum absolute atomic E-state index is 0.338. The average molecular weight is 188 g/mol. The first kappa shape index (κ1) is 9.32. The van der Waals surface area contributed by atoms with E-state index in [-0.39, 0.29) is 0 Å². The summed E-state index contributed by atoms with van der Waals surface area (Å²) in [6.45, 7) is 4.37. The van der Waals surface area contributed by atoms with Gasteiger partial charge in [-0.2, -0.15) is 0 Å². The summed E-state index contributed by atoms with van der Waals surface area (Å²) in [6.07, 6.45) is 3.68. The van der Waals surface area contributed by atoms with Crippen molar-refractivity contribution in [3.05, 3.63) is 42.0 Å². The predicted molar refractivity (Wildman–Crippen MR) is 58.7 cm³/mol. The Labute approximate surface area is 85.4 Å². The van der Waals surface area contributed by atoms with Crippen LogP contribution >= 0.6 is 0 Å². The van der Waals surface area contributed by atoms with Gasteiger partial charge in [-0.1, -0.05) is 37.3 Å². The molecule has 1 nitrogen and oxygen atoms in total. The molecule has 0 spiro atoms. The van der Waals surface area contributed by atoms with Gasteiger partial charge in [-0.3, -0.25) is 0 Å². The van der Waals surface area contributed by atoms with Gasteiger partial charge in [0.05, 0.1) is 6.10 Å². The maximum Gasteiger partial charge on any atom is 0.123 e. The normalized spacial score (nSPS) is 26.6. The SMILES string of the molecule is CC1C=C(c2ccccc2)OC(C)C1. The monoisotopic (exact) mass is 188 g/mol. The van der Waals surface area contributed by atoms with E-state index in [1.165, 1.54) is 5.56 Å². The van der Waals surface area contributed by atoms with Crippen LogP contribution in [-0.4, -0.2) is 6.10 Å². The van der Waals surface area contributed by atoms with Crippen LogP contribution in [0.2, 0.25) is 0 Å². The molecule has 14 heavy (non-hydrogen) atoms. The molecule has 0 saturated carbocycles. The highest BCUT2D eigenvalue weighted by atomic mass is 16.5. The van der Waals surface area contributed by atoms with Gasteiger partial charge in [0, 0.05) is 5.56 Å². The molecule has 0 N–H and O–H groups in total. The van der Waals surface area contributed by atoms with Gasteiger partial charge in [0.25, 0.3) is 0 Å². The Morgan fingerprint density at radius 2 is 1.86 bits per heavy atom. The quantitative estimate of drug-likeness (QED) is 0.655. The standard InChI is InChI=1S/C13H16O/c1-10-8-11(2)14-13(9-10)12-6-4-3-5-7-12/h3-7,9-11H,8H2,1-2H3. The maximum atomic E-state index is 5.80. The molecule has 74 valence electrons. The van der Waals surface area contributed by atoms with Crippen LogP contribution in [0.25, 0.3) is 5.76 Å². The molecule has 2 unspecified atom stereocenters. The largest absolute Gasteiger partial charge is 0.490 e. The molecule has 0 saturated heterocycles. The van der Waals surface area contributed by atoms with Crippen molar-refractivity contribution in [3.8, 4) is 0 Å². The van der Waals surface area contributed by atoms with E-state index in [1.807, 2.05) is 18.2 Å². The van der Waals surface area contributed by atoms with Gasteiger partial charge in [0.15, 0.2) is 0 Å². The zero-order valence-corrected chi connectivity index (χ0v) is 8.73.